The predicted molar refractivity (Wildman–Crippen MR) is 54.9 cm³/mol. The van der Waals surface area contributed by atoms with Crippen molar-refractivity contribution < 1.29 is 0 Å². The summed E-state index contributed by atoms with van der Waals surface area (Å²) >= 11 is 1.72. The maximum absolute atomic E-state index is 4.33. The molecule has 3 rings (SSSR count). The Morgan fingerprint density at radius 1 is 1.08 bits per heavy atom. The van der Waals surface area contributed by atoms with E-state index in [1.54, 1.807) is 23.7 Å². The number of aromatic nitrogens is 2. The van der Waals surface area contributed by atoms with E-state index in [9.17, 15) is 0 Å². The third kappa shape index (κ3) is 0.939. The molecule has 3 heteroatoms. The van der Waals surface area contributed by atoms with Gasteiger partial charge >= 0.3 is 0 Å². The summed E-state index contributed by atoms with van der Waals surface area (Å²) in [5.74, 6) is 0. The van der Waals surface area contributed by atoms with Crippen LogP contribution < -0.4 is 0 Å². The van der Waals surface area contributed by atoms with Crippen LogP contribution in [-0.4, -0.2) is 9.97 Å². The van der Waals surface area contributed by atoms with Gasteiger partial charge in [-0.05, 0) is 17.5 Å². The number of fused-ring (bicyclic) bond motifs is 3. The number of hydrogen-bond donors (Lipinski definition) is 0. The van der Waals surface area contributed by atoms with Crippen LogP contribution in [0, 0.1) is 0 Å². The molecule has 0 amide bonds. The first-order valence-electron chi connectivity index (χ1n) is 4.01. The number of pyridine rings is 2. The number of rotatable bonds is 0. The van der Waals surface area contributed by atoms with E-state index < -0.39 is 0 Å². The van der Waals surface area contributed by atoms with Crippen molar-refractivity contribution in [1.29, 1.82) is 0 Å². The van der Waals surface area contributed by atoms with Crippen LogP contribution in [-0.2, 0) is 0 Å². The van der Waals surface area contributed by atoms with Gasteiger partial charge in [-0.1, -0.05) is 0 Å². The molecule has 0 aromatic carbocycles. The Labute approximate surface area is 78.9 Å². The largest absolute Gasteiger partial charge is 0.262 e. The van der Waals surface area contributed by atoms with Crippen molar-refractivity contribution in [2.75, 3.05) is 0 Å². The predicted octanol–water partition coefficient (Wildman–Crippen LogP) is 2.84. The molecular weight excluding hydrogens is 180 g/mol. The molecule has 0 saturated heterocycles. The highest BCUT2D eigenvalue weighted by Gasteiger charge is 2.00. The van der Waals surface area contributed by atoms with Gasteiger partial charge in [0.1, 0.15) is 0 Å². The Morgan fingerprint density at radius 3 is 3.08 bits per heavy atom. The molecule has 0 N–H and O–H groups in total. The average Bonchev–Trinajstić information content (AvgIpc) is 2.65. The lowest BCUT2D eigenvalue weighted by Crippen LogP contribution is -1.79. The summed E-state index contributed by atoms with van der Waals surface area (Å²) < 4.78 is 1.23. The topological polar surface area (TPSA) is 25.8 Å². The van der Waals surface area contributed by atoms with Crippen molar-refractivity contribution in [2.45, 2.75) is 0 Å². The summed E-state index contributed by atoms with van der Waals surface area (Å²) in [7, 11) is 0. The Bertz CT molecular complexity index is 571. The second-order valence-electron chi connectivity index (χ2n) is 2.85. The molecule has 0 unspecified atom stereocenters. The smallest absolute Gasteiger partial charge is 0.0892 e. The van der Waals surface area contributed by atoms with Crippen molar-refractivity contribution in [2.24, 2.45) is 0 Å². The van der Waals surface area contributed by atoms with Gasteiger partial charge in [0.25, 0.3) is 0 Å². The highest BCUT2D eigenvalue weighted by molar-refractivity contribution is 7.17. The summed E-state index contributed by atoms with van der Waals surface area (Å²) in [4.78, 5) is 8.37. The first-order chi connectivity index (χ1) is 6.45. The molecule has 3 aromatic heterocycles. The zero-order chi connectivity index (χ0) is 8.67. The Morgan fingerprint density at radius 2 is 2.08 bits per heavy atom. The fourth-order valence-electron chi connectivity index (χ4n) is 1.49. The molecule has 13 heavy (non-hydrogen) atoms. The third-order valence-electron chi connectivity index (χ3n) is 2.11. The van der Waals surface area contributed by atoms with Crippen LogP contribution in [0.15, 0.2) is 36.1 Å². The minimum atomic E-state index is 0.966. The van der Waals surface area contributed by atoms with Crippen molar-refractivity contribution in [3.05, 3.63) is 36.1 Å². The first-order valence-corrected chi connectivity index (χ1v) is 4.89. The SMILES string of the molecule is c1cc2c(cn1)ncc1sccc12. The van der Waals surface area contributed by atoms with Crippen LogP contribution in [0.1, 0.15) is 0 Å². The van der Waals surface area contributed by atoms with E-state index in [1.807, 2.05) is 12.3 Å². The maximum Gasteiger partial charge on any atom is 0.0892 e. The molecule has 0 bridgehead atoms. The zero-order valence-electron chi connectivity index (χ0n) is 6.77. The molecule has 0 spiro atoms. The highest BCUT2D eigenvalue weighted by atomic mass is 32.1. The van der Waals surface area contributed by atoms with Crippen molar-refractivity contribution in [3.63, 3.8) is 0 Å². The fourth-order valence-corrected chi connectivity index (χ4v) is 2.26. The van der Waals surface area contributed by atoms with Gasteiger partial charge in [0.2, 0.25) is 0 Å². The van der Waals surface area contributed by atoms with Crippen molar-refractivity contribution in [1.82, 2.24) is 9.97 Å². The summed E-state index contributed by atoms with van der Waals surface area (Å²) in [6.07, 6.45) is 5.51. The van der Waals surface area contributed by atoms with Gasteiger partial charge in [0.15, 0.2) is 0 Å². The molecule has 0 aliphatic heterocycles. The third-order valence-corrected chi connectivity index (χ3v) is 2.96. The molecule has 0 atom stereocenters. The minimum Gasteiger partial charge on any atom is -0.262 e. The van der Waals surface area contributed by atoms with Crippen LogP contribution in [0.4, 0.5) is 0 Å². The number of thiophene rings is 1. The first kappa shape index (κ1) is 6.97. The van der Waals surface area contributed by atoms with Crippen LogP contribution >= 0.6 is 11.3 Å². The minimum absolute atomic E-state index is 0.966. The summed E-state index contributed by atoms with van der Waals surface area (Å²) in [5, 5.41) is 4.55. The van der Waals surface area contributed by atoms with Gasteiger partial charge in [-0.2, -0.15) is 0 Å². The molecule has 0 aliphatic rings. The van der Waals surface area contributed by atoms with Crippen LogP contribution in [0.3, 0.4) is 0 Å². The van der Waals surface area contributed by atoms with Gasteiger partial charge in [0.05, 0.1) is 16.4 Å². The maximum atomic E-state index is 4.33. The second kappa shape index (κ2) is 2.50. The normalized spacial score (nSPS) is 11.1. The van der Waals surface area contributed by atoms with Gasteiger partial charge in [-0.3, -0.25) is 9.97 Å². The molecule has 0 radical (unpaired) electrons. The van der Waals surface area contributed by atoms with E-state index in [4.69, 9.17) is 0 Å². The quantitative estimate of drug-likeness (QED) is 0.539. The molecule has 3 aromatic rings. The van der Waals surface area contributed by atoms with E-state index in [-0.39, 0.29) is 0 Å². The molecule has 0 fully saturated rings. The van der Waals surface area contributed by atoms with E-state index in [0.717, 1.165) is 5.52 Å². The summed E-state index contributed by atoms with van der Waals surface area (Å²) in [6, 6.07) is 4.14. The van der Waals surface area contributed by atoms with E-state index in [1.165, 1.54) is 15.5 Å². The van der Waals surface area contributed by atoms with E-state index in [0.29, 0.717) is 0 Å². The second-order valence-corrected chi connectivity index (χ2v) is 3.80. The zero-order valence-corrected chi connectivity index (χ0v) is 7.58. The Hall–Kier alpha value is -1.48. The molecule has 0 saturated carbocycles. The van der Waals surface area contributed by atoms with Crippen LogP contribution in [0.25, 0.3) is 21.0 Å². The summed E-state index contributed by atoms with van der Waals surface area (Å²) in [6.45, 7) is 0. The van der Waals surface area contributed by atoms with E-state index >= 15 is 0 Å². The molecule has 3 heterocycles. The van der Waals surface area contributed by atoms with Crippen LogP contribution in [0.5, 0.6) is 0 Å². The molecule has 62 valence electrons. The summed E-state index contributed by atoms with van der Waals surface area (Å²) in [5.41, 5.74) is 0.966. The lowest BCUT2D eigenvalue weighted by atomic mass is 10.2. The number of nitrogens with zero attached hydrogens (tertiary/aromatic N) is 2. The monoisotopic (exact) mass is 186 g/mol. The van der Waals surface area contributed by atoms with Gasteiger partial charge < -0.3 is 0 Å². The lowest BCUT2D eigenvalue weighted by molar-refractivity contribution is 1.33. The molecule has 2 nitrogen and oxygen atoms in total. The lowest BCUT2D eigenvalue weighted by Gasteiger charge is -1.96. The molecule has 0 aliphatic carbocycles. The highest BCUT2D eigenvalue weighted by Crippen LogP contribution is 2.26. The fraction of sp³-hybridized carbons (Fsp3) is 0. The van der Waals surface area contributed by atoms with Gasteiger partial charge in [0, 0.05) is 23.2 Å². The van der Waals surface area contributed by atoms with Crippen molar-refractivity contribution in [3.8, 4) is 0 Å². The Balaban J connectivity index is 2.65. The number of hydrogen-bond acceptors (Lipinski definition) is 3. The standard InChI is InChI=1S/C10H6N2S/c1-3-11-5-9-7(1)8-2-4-13-10(8)6-12-9/h1-6H. The average molecular weight is 186 g/mol. The van der Waals surface area contributed by atoms with E-state index in [2.05, 4.69) is 21.4 Å². The molecular formula is C10H6N2S. The van der Waals surface area contributed by atoms with Gasteiger partial charge in [-0.25, -0.2) is 0 Å². The van der Waals surface area contributed by atoms with Crippen molar-refractivity contribution >= 4 is 32.3 Å². The Kier molecular flexibility index (Phi) is 1.34. The van der Waals surface area contributed by atoms with Gasteiger partial charge in [-0.15, -0.1) is 11.3 Å². The van der Waals surface area contributed by atoms with Crippen LogP contribution in [0.2, 0.25) is 0 Å².